The lowest BCUT2D eigenvalue weighted by atomic mass is 10.0. The number of carbonyl (C=O) groups excluding carboxylic acids is 1. The van der Waals surface area contributed by atoms with Crippen LogP contribution in [0.5, 0.6) is 17.2 Å². The van der Waals surface area contributed by atoms with E-state index in [0.29, 0.717) is 80.8 Å². The van der Waals surface area contributed by atoms with E-state index in [1.807, 2.05) is 77.4 Å². The average Bonchev–Trinajstić information content (AvgIpc) is 3.48. The van der Waals surface area contributed by atoms with E-state index < -0.39 is 0 Å². The molecule has 0 aliphatic rings. The minimum atomic E-state index is -0.0902. The number of aromatic hydroxyl groups is 2. The lowest BCUT2D eigenvalue weighted by Gasteiger charge is -2.15. The zero-order chi connectivity index (χ0) is 33.9. The Balaban J connectivity index is 1.47. The first-order valence-corrected chi connectivity index (χ1v) is 15.9. The van der Waals surface area contributed by atoms with Gasteiger partial charge in [0.2, 0.25) is 0 Å². The minimum absolute atomic E-state index is 0.0376. The third-order valence-corrected chi connectivity index (χ3v) is 7.85. The van der Waals surface area contributed by atoms with Gasteiger partial charge in [-0.1, -0.05) is 48.5 Å². The van der Waals surface area contributed by atoms with E-state index in [-0.39, 0.29) is 23.9 Å². The Bertz CT molecular complexity index is 1760. The smallest absolute Gasteiger partial charge is 0.162 e. The number of Topliss-reactive ketones (excluding diaryl/α,β-unsaturated/α-hetero) is 1. The number of benzene rings is 4. The number of phenolic OH excluding ortho intramolecular Hbond substituents is 2. The van der Waals surface area contributed by atoms with Crippen LogP contribution in [0.1, 0.15) is 34.3 Å². The second kappa shape index (κ2) is 16.7. The van der Waals surface area contributed by atoms with Gasteiger partial charge in [0.25, 0.3) is 0 Å². The van der Waals surface area contributed by atoms with Gasteiger partial charge in [0.15, 0.2) is 5.78 Å². The number of hydrogen-bond donors (Lipinski definition) is 4. The number of hydrogen-bond acceptors (Lipinski definition) is 9. The van der Waals surface area contributed by atoms with Gasteiger partial charge >= 0.3 is 0 Å². The molecule has 5 aromatic rings. The van der Waals surface area contributed by atoms with E-state index in [2.05, 4.69) is 0 Å². The van der Waals surface area contributed by atoms with Crippen molar-refractivity contribution >= 4 is 5.78 Å². The van der Waals surface area contributed by atoms with Gasteiger partial charge in [-0.05, 0) is 53.9 Å². The Hall–Kier alpha value is -5.00. The minimum Gasteiger partial charge on any atom is -0.508 e. The SMILES string of the molecule is COc1ccc(-c2c(-c3ccc(CO)cc3)nc(-c3cc(O)cc(O)c3)n2Cc2ccc(C(=O)CCCOCCOCCN)cc2)cc1. The molecule has 0 saturated carbocycles. The van der Waals surface area contributed by atoms with Crippen molar-refractivity contribution < 1.29 is 34.3 Å². The topological polar surface area (TPSA) is 149 Å². The Morgan fingerprint density at radius 1 is 0.771 bits per heavy atom. The van der Waals surface area contributed by atoms with E-state index in [1.54, 1.807) is 19.2 Å². The molecule has 1 heterocycles. The number of nitrogens with two attached hydrogens (primary N) is 1. The molecule has 250 valence electrons. The van der Waals surface area contributed by atoms with Crippen LogP contribution in [-0.4, -0.2) is 70.7 Å². The van der Waals surface area contributed by atoms with Crippen molar-refractivity contribution in [1.29, 1.82) is 0 Å². The highest BCUT2D eigenvalue weighted by Gasteiger charge is 2.23. The lowest BCUT2D eigenvalue weighted by Crippen LogP contribution is -2.12. The van der Waals surface area contributed by atoms with Gasteiger partial charge in [-0.25, -0.2) is 4.98 Å². The van der Waals surface area contributed by atoms with Gasteiger partial charge in [0.1, 0.15) is 23.1 Å². The van der Waals surface area contributed by atoms with E-state index in [0.717, 1.165) is 27.9 Å². The number of rotatable bonds is 17. The first-order valence-electron chi connectivity index (χ1n) is 15.9. The van der Waals surface area contributed by atoms with Gasteiger partial charge in [-0.3, -0.25) is 4.79 Å². The van der Waals surface area contributed by atoms with E-state index in [4.69, 9.17) is 24.9 Å². The van der Waals surface area contributed by atoms with E-state index >= 15 is 0 Å². The zero-order valence-electron chi connectivity index (χ0n) is 27.0. The summed E-state index contributed by atoms with van der Waals surface area (Å²) in [5.74, 6) is 1.10. The molecule has 0 amide bonds. The molecule has 0 aliphatic carbocycles. The molecule has 10 heteroatoms. The van der Waals surface area contributed by atoms with E-state index in [1.165, 1.54) is 6.07 Å². The van der Waals surface area contributed by atoms with Crippen LogP contribution in [0.3, 0.4) is 0 Å². The zero-order valence-corrected chi connectivity index (χ0v) is 27.0. The van der Waals surface area contributed by atoms with Crippen LogP contribution in [0.2, 0.25) is 0 Å². The molecule has 0 unspecified atom stereocenters. The molecule has 0 spiro atoms. The van der Waals surface area contributed by atoms with Gasteiger partial charge in [-0.15, -0.1) is 0 Å². The molecule has 0 bridgehead atoms. The fourth-order valence-corrected chi connectivity index (χ4v) is 5.43. The standard InChI is InChI=1S/C38H41N3O7/c1-46-34-14-12-30(13-15-34)37-36(29-10-6-27(25-42)7-11-29)40-38(31-21-32(43)23-33(44)22-31)41(37)24-26-4-8-28(9-5-26)35(45)3-2-17-47-19-20-48-18-16-39/h4-15,21-23,42-44H,2-3,16-20,24-25,39H2,1H3. The number of imidazole rings is 1. The van der Waals surface area contributed by atoms with Crippen molar-refractivity contribution in [2.45, 2.75) is 26.0 Å². The van der Waals surface area contributed by atoms with Crippen LogP contribution in [-0.2, 0) is 22.6 Å². The summed E-state index contributed by atoms with van der Waals surface area (Å²) in [5.41, 5.74) is 11.4. The predicted octanol–water partition coefficient (Wildman–Crippen LogP) is 5.80. The number of nitrogens with zero attached hydrogens (tertiary/aromatic N) is 2. The number of aliphatic hydroxyl groups is 1. The van der Waals surface area contributed by atoms with Crippen LogP contribution in [0.25, 0.3) is 33.9 Å². The third kappa shape index (κ3) is 8.67. The van der Waals surface area contributed by atoms with E-state index in [9.17, 15) is 20.1 Å². The molecule has 0 radical (unpaired) electrons. The predicted molar refractivity (Wildman–Crippen MR) is 184 cm³/mol. The largest absolute Gasteiger partial charge is 0.508 e. The highest BCUT2D eigenvalue weighted by Crippen LogP contribution is 2.39. The maximum Gasteiger partial charge on any atom is 0.162 e. The Morgan fingerprint density at radius 3 is 2.02 bits per heavy atom. The van der Waals surface area contributed by atoms with Gasteiger partial charge in [-0.2, -0.15) is 0 Å². The van der Waals surface area contributed by atoms with Crippen molar-refractivity contribution in [3.63, 3.8) is 0 Å². The van der Waals surface area contributed by atoms with Gasteiger partial charge in [0.05, 0.1) is 44.9 Å². The number of phenols is 2. The molecular formula is C38H41N3O7. The highest BCUT2D eigenvalue weighted by molar-refractivity contribution is 5.96. The quantitative estimate of drug-likeness (QED) is 0.0723. The van der Waals surface area contributed by atoms with Crippen LogP contribution in [0, 0.1) is 0 Å². The summed E-state index contributed by atoms with van der Waals surface area (Å²) in [7, 11) is 1.61. The summed E-state index contributed by atoms with van der Waals surface area (Å²) in [6, 6.07) is 27.1. The van der Waals surface area contributed by atoms with Gasteiger partial charge in [0, 0.05) is 54.4 Å². The Labute approximate surface area is 280 Å². The molecule has 1 aromatic heterocycles. The molecular weight excluding hydrogens is 610 g/mol. The van der Waals surface area contributed by atoms with Crippen molar-refractivity contribution in [3.05, 3.63) is 108 Å². The summed E-state index contributed by atoms with van der Waals surface area (Å²) in [6.07, 6.45) is 0.982. The molecule has 48 heavy (non-hydrogen) atoms. The number of ketones is 1. The van der Waals surface area contributed by atoms with Crippen molar-refractivity contribution in [3.8, 4) is 51.2 Å². The maximum absolute atomic E-state index is 12.9. The molecule has 5 rings (SSSR count). The number of carbonyl (C=O) groups is 1. The fraction of sp³-hybridized carbons (Fsp3) is 0.263. The highest BCUT2D eigenvalue weighted by atomic mass is 16.5. The summed E-state index contributed by atoms with van der Waals surface area (Å²) in [4.78, 5) is 18.0. The third-order valence-electron chi connectivity index (χ3n) is 7.85. The number of aliphatic hydroxyl groups excluding tert-OH is 1. The summed E-state index contributed by atoms with van der Waals surface area (Å²) >= 11 is 0. The molecule has 5 N–H and O–H groups in total. The van der Waals surface area contributed by atoms with Gasteiger partial charge < -0.3 is 39.8 Å². The Morgan fingerprint density at radius 2 is 1.40 bits per heavy atom. The first kappa shape index (κ1) is 34.3. The lowest BCUT2D eigenvalue weighted by molar-refractivity contribution is 0.0489. The molecule has 0 atom stereocenters. The molecule has 10 nitrogen and oxygen atoms in total. The van der Waals surface area contributed by atoms with Crippen molar-refractivity contribution in [2.75, 3.05) is 40.1 Å². The first-order chi connectivity index (χ1) is 23.4. The summed E-state index contributed by atoms with van der Waals surface area (Å²) in [5, 5.41) is 30.4. The van der Waals surface area contributed by atoms with Crippen LogP contribution >= 0.6 is 0 Å². The number of methoxy groups -OCH3 is 1. The number of ether oxygens (including phenoxy) is 3. The molecule has 0 fully saturated rings. The second-order valence-corrected chi connectivity index (χ2v) is 11.3. The van der Waals surface area contributed by atoms with Crippen LogP contribution in [0.15, 0.2) is 91.0 Å². The Kier molecular flexibility index (Phi) is 12.0. The maximum atomic E-state index is 12.9. The molecule has 4 aromatic carbocycles. The van der Waals surface area contributed by atoms with Crippen LogP contribution < -0.4 is 10.5 Å². The number of aromatic nitrogens is 2. The summed E-state index contributed by atoms with van der Waals surface area (Å²) < 4.78 is 18.3. The summed E-state index contributed by atoms with van der Waals surface area (Å²) in [6.45, 7) is 2.70. The van der Waals surface area contributed by atoms with Crippen LogP contribution in [0.4, 0.5) is 0 Å². The average molecular weight is 652 g/mol. The monoisotopic (exact) mass is 651 g/mol. The second-order valence-electron chi connectivity index (χ2n) is 11.3. The molecule has 0 saturated heterocycles. The fourth-order valence-electron chi connectivity index (χ4n) is 5.43. The normalized spacial score (nSPS) is 11.1. The molecule has 0 aliphatic heterocycles. The van der Waals surface area contributed by atoms with Crippen molar-refractivity contribution in [2.24, 2.45) is 5.73 Å². The van der Waals surface area contributed by atoms with Crippen molar-refractivity contribution in [1.82, 2.24) is 9.55 Å².